The number of fused-ring (bicyclic) bond motifs is 1. The molecule has 1 fully saturated rings. The fourth-order valence-electron chi connectivity index (χ4n) is 3.35. The van der Waals surface area contributed by atoms with Gasteiger partial charge in [-0.15, -0.1) is 0 Å². The summed E-state index contributed by atoms with van der Waals surface area (Å²) < 4.78 is 5.34. The van der Waals surface area contributed by atoms with Gasteiger partial charge in [-0.05, 0) is 57.5 Å². The zero-order chi connectivity index (χ0) is 18.6. The van der Waals surface area contributed by atoms with E-state index in [1.165, 1.54) is 0 Å². The second-order valence-corrected chi connectivity index (χ2v) is 6.94. The molecular formula is C21H27N3O2. The van der Waals surface area contributed by atoms with Crippen molar-refractivity contribution in [3.05, 3.63) is 47.7 Å². The van der Waals surface area contributed by atoms with Crippen LogP contribution in [-0.2, 0) is 9.53 Å². The van der Waals surface area contributed by atoms with Crippen molar-refractivity contribution in [2.24, 2.45) is 11.1 Å². The lowest BCUT2D eigenvalue weighted by Crippen LogP contribution is -2.41. The third-order valence-electron chi connectivity index (χ3n) is 4.98. The van der Waals surface area contributed by atoms with E-state index >= 15 is 0 Å². The van der Waals surface area contributed by atoms with Crippen molar-refractivity contribution in [2.45, 2.75) is 32.7 Å². The summed E-state index contributed by atoms with van der Waals surface area (Å²) in [6, 6.07) is 10.0. The molecule has 1 aliphatic rings. The molecule has 0 saturated carbocycles. The lowest BCUT2D eigenvalue weighted by atomic mass is 9.78. The Balaban J connectivity index is 1.90. The molecule has 0 unspecified atom stereocenters. The minimum atomic E-state index is -0.544. The number of esters is 1. The third-order valence-corrected chi connectivity index (χ3v) is 4.98. The van der Waals surface area contributed by atoms with Gasteiger partial charge < -0.3 is 15.8 Å². The Morgan fingerprint density at radius 2 is 2.08 bits per heavy atom. The second kappa shape index (κ2) is 7.98. The fourth-order valence-corrected chi connectivity index (χ4v) is 3.35. The Morgan fingerprint density at radius 3 is 2.77 bits per heavy atom. The van der Waals surface area contributed by atoms with Crippen molar-refractivity contribution >= 4 is 22.9 Å². The summed E-state index contributed by atoms with van der Waals surface area (Å²) in [5, 5.41) is 4.39. The molecule has 2 aromatic rings. The highest BCUT2D eigenvalue weighted by Crippen LogP contribution is 2.33. The van der Waals surface area contributed by atoms with Gasteiger partial charge in [-0.3, -0.25) is 9.78 Å². The molecule has 1 atom stereocenters. The summed E-state index contributed by atoms with van der Waals surface area (Å²) in [6.07, 6.45) is 5.54. The molecule has 0 aliphatic carbocycles. The van der Waals surface area contributed by atoms with Gasteiger partial charge in [0.1, 0.15) is 0 Å². The van der Waals surface area contributed by atoms with Crippen LogP contribution < -0.4 is 11.1 Å². The van der Waals surface area contributed by atoms with E-state index < -0.39 is 5.41 Å². The first-order chi connectivity index (χ1) is 12.5. The van der Waals surface area contributed by atoms with Crippen LogP contribution in [0.3, 0.4) is 0 Å². The van der Waals surface area contributed by atoms with Crippen LogP contribution in [0.2, 0.25) is 0 Å². The number of aromatic nitrogens is 1. The summed E-state index contributed by atoms with van der Waals surface area (Å²) in [5.41, 5.74) is 8.21. The topological polar surface area (TPSA) is 77.2 Å². The number of hydrogen-bond acceptors (Lipinski definition) is 5. The van der Waals surface area contributed by atoms with E-state index in [1.54, 1.807) is 0 Å². The molecule has 1 aliphatic heterocycles. The molecule has 1 aromatic carbocycles. The van der Waals surface area contributed by atoms with Gasteiger partial charge >= 0.3 is 5.97 Å². The maximum Gasteiger partial charge on any atom is 0.316 e. The lowest BCUT2D eigenvalue weighted by molar-refractivity contribution is -0.153. The molecule has 5 heteroatoms. The van der Waals surface area contributed by atoms with Crippen molar-refractivity contribution in [1.82, 2.24) is 10.3 Å². The van der Waals surface area contributed by atoms with Gasteiger partial charge in [-0.1, -0.05) is 30.4 Å². The molecule has 3 rings (SSSR count). The zero-order valence-electron chi connectivity index (χ0n) is 15.5. The molecule has 0 radical (unpaired) electrons. The number of ether oxygens (including phenoxy) is 1. The van der Waals surface area contributed by atoms with Crippen molar-refractivity contribution in [2.75, 3.05) is 19.7 Å². The maximum atomic E-state index is 12.5. The first kappa shape index (κ1) is 18.5. The predicted octanol–water partition coefficient (Wildman–Crippen LogP) is 3.20. The first-order valence-corrected chi connectivity index (χ1v) is 9.27. The van der Waals surface area contributed by atoms with E-state index in [2.05, 4.69) is 10.3 Å². The van der Waals surface area contributed by atoms with Crippen molar-refractivity contribution in [1.29, 1.82) is 0 Å². The highest BCUT2D eigenvalue weighted by molar-refractivity contribution is 5.83. The average molecular weight is 353 g/mol. The van der Waals surface area contributed by atoms with Gasteiger partial charge in [-0.2, -0.15) is 0 Å². The number of hydrogen-bond donors (Lipinski definition) is 2. The van der Waals surface area contributed by atoms with Crippen molar-refractivity contribution < 1.29 is 9.53 Å². The summed E-state index contributed by atoms with van der Waals surface area (Å²) in [6.45, 7) is 5.82. The number of nitrogens with two attached hydrogens (primary N) is 1. The van der Waals surface area contributed by atoms with Crippen LogP contribution >= 0.6 is 0 Å². The highest BCUT2D eigenvalue weighted by atomic mass is 16.5. The van der Waals surface area contributed by atoms with Crippen LogP contribution in [0, 0.1) is 5.41 Å². The van der Waals surface area contributed by atoms with Crippen LogP contribution in [0.5, 0.6) is 0 Å². The summed E-state index contributed by atoms with van der Waals surface area (Å²) in [7, 11) is 0. The van der Waals surface area contributed by atoms with E-state index in [9.17, 15) is 4.79 Å². The average Bonchev–Trinajstić information content (AvgIpc) is 2.66. The summed E-state index contributed by atoms with van der Waals surface area (Å²) in [4.78, 5) is 17.2. The number of piperidine rings is 1. The minimum absolute atomic E-state index is 0.0968. The van der Waals surface area contributed by atoms with Gasteiger partial charge in [0.25, 0.3) is 0 Å². The molecule has 0 bridgehead atoms. The van der Waals surface area contributed by atoms with Crippen LogP contribution in [0.4, 0.5) is 0 Å². The molecule has 2 heterocycles. The molecule has 0 amide bonds. The standard InChI is InChI=1S/C21H27N3O2/c1-3-26-20(25)21(10-12-23-13-11-21)9-8-16-4-5-17-6-7-18(15(2)22)24-19(17)14-16/h4-9,14-15,23H,3,10-13,22H2,1-2H3/b9-8+/t15-/m1/s1. The normalized spacial score (nSPS) is 18.1. The largest absolute Gasteiger partial charge is 0.465 e. The van der Waals surface area contributed by atoms with Crippen molar-refractivity contribution in [3.8, 4) is 0 Å². The molecule has 5 nitrogen and oxygen atoms in total. The smallest absolute Gasteiger partial charge is 0.316 e. The van der Waals surface area contributed by atoms with Crippen molar-refractivity contribution in [3.63, 3.8) is 0 Å². The van der Waals surface area contributed by atoms with Crippen LogP contribution in [0.1, 0.15) is 44.0 Å². The van der Waals surface area contributed by atoms with Crippen LogP contribution in [0.15, 0.2) is 36.4 Å². The maximum absolute atomic E-state index is 12.5. The van der Waals surface area contributed by atoms with Crippen LogP contribution in [-0.4, -0.2) is 30.6 Å². The minimum Gasteiger partial charge on any atom is -0.465 e. The molecule has 138 valence electrons. The molecule has 1 aromatic heterocycles. The summed E-state index contributed by atoms with van der Waals surface area (Å²) >= 11 is 0. The molecule has 3 N–H and O–H groups in total. The van der Waals surface area contributed by atoms with Gasteiger partial charge in [0, 0.05) is 11.4 Å². The molecule has 1 saturated heterocycles. The second-order valence-electron chi connectivity index (χ2n) is 6.94. The van der Waals surface area contributed by atoms with Crippen LogP contribution in [0.25, 0.3) is 17.0 Å². The molecule has 26 heavy (non-hydrogen) atoms. The number of nitrogens with zero attached hydrogens (tertiary/aromatic N) is 1. The SMILES string of the molecule is CCOC(=O)C1(/C=C/c2ccc3ccc([C@@H](C)N)nc3c2)CCNCC1. The molecular weight excluding hydrogens is 326 g/mol. The Labute approximate surface area is 154 Å². The number of nitrogens with one attached hydrogen (secondary N) is 1. The van der Waals surface area contributed by atoms with E-state index in [-0.39, 0.29) is 12.0 Å². The van der Waals surface area contributed by atoms with E-state index in [0.717, 1.165) is 48.1 Å². The van der Waals surface area contributed by atoms with E-state index in [0.29, 0.717) is 6.61 Å². The van der Waals surface area contributed by atoms with E-state index in [4.69, 9.17) is 10.5 Å². The van der Waals surface area contributed by atoms with E-state index in [1.807, 2.05) is 56.3 Å². The quantitative estimate of drug-likeness (QED) is 0.807. The molecule has 0 spiro atoms. The Morgan fingerprint density at radius 1 is 1.35 bits per heavy atom. The predicted molar refractivity (Wildman–Crippen MR) is 105 cm³/mol. The monoisotopic (exact) mass is 353 g/mol. The fraction of sp³-hybridized carbons (Fsp3) is 0.429. The number of benzene rings is 1. The summed E-state index contributed by atoms with van der Waals surface area (Å²) in [5.74, 6) is -0.129. The Hall–Kier alpha value is -2.24. The van der Waals surface area contributed by atoms with Gasteiger partial charge in [0.2, 0.25) is 0 Å². The highest BCUT2D eigenvalue weighted by Gasteiger charge is 2.38. The number of carbonyl (C=O) groups is 1. The van der Waals surface area contributed by atoms with Gasteiger partial charge in [0.15, 0.2) is 0 Å². The number of rotatable bonds is 5. The first-order valence-electron chi connectivity index (χ1n) is 9.27. The Bertz CT molecular complexity index is 808. The lowest BCUT2D eigenvalue weighted by Gasteiger charge is -2.32. The zero-order valence-corrected chi connectivity index (χ0v) is 15.5. The van der Waals surface area contributed by atoms with Gasteiger partial charge in [0.05, 0.1) is 23.2 Å². The third kappa shape index (κ3) is 3.94. The number of pyridine rings is 1. The van der Waals surface area contributed by atoms with Gasteiger partial charge in [-0.25, -0.2) is 0 Å². The Kier molecular flexibility index (Phi) is 5.69. The number of carbonyl (C=O) groups excluding carboxylic acids is 1.